The molecule has 1 N–H and O–H groups in total. The highest BCUT2D eigenvalue weighted by atomic mass is 19.1. The van der Waals surface area contributed by atoms with Crippen LogP contribution in [0.4, 0.5) is 4.39 Å². The Balaban J connectivity index is 1.88. The number of hydrogen-bond acceptors (Lipinski definition) is 2. The van der Waals surface area contributed by atoms with Gasteiger partial charge in [0.2, 0.25) is 0 Å². The van der Waals surface area contributed by atoms with Crippen LogP contribution in [0.2, 0.25) is 0 Å². The predicted octanol–water partition coefficient (Wildman–Crippen LogP) is 3.99. The number of piperidine rings is 1. The van der Waals surface area contributed by atoms with E-state index in [0.29, 0.717) is 6.04 Å². The number of hydrogen-bond donors (Lipinski definition) is 1. The predicted molar refractivity (Wildman–Crippen MR) is 86.9 cm³/mol. The van der Waals surface area contributed by atoms with Gasteiger partial charge in [0.25, 0.3) is 0 Å². The third-order valence-electron chi connectivity index (χ3n) is 4.61. The van der Waals surface area contributed by atoms with Crippen molar-refractivity contribution in [2.75, 3.05) is 26.7 Å². The summed E-state index contributed by atoms with van der Waals surface area (Å²) in [5, 5.41) is 3.73. The van der Waals surface area contributed by atoms with Crippen LogP contribution in [-0.2, 0) is 0 Å². The Bertz CT molecular complexity index is 396. The van der Waals surface area contributed by atoms with Gasteiger partial charge in [0.1, 0.15) is 5.82 Å². The summed E-state index contributed by atoms with van der Waals surface area (Å²) in [5.74, 6) is 0.633. The third-order valence-corrected chi connectivity index (χ3v) is 4.61. The Kier molecular flexibility index (Phi) is 6.65. The Morgan fingerprint density at radius 1 is 1.24 bits per heavy atom. The van der Waals surface area contributed by atoms with E-state index in [1.807, 2.05) is 12.1 Å². The SMILES string of the molecule is CCCCC(NCC1CCN(C)CC1)c1ccc(F)cc1. The van der Waals surface area contributed by atoms with Crippen LogP contribution in [0.3, 0.4) is 0 Å². The lowest BCUT2D eigenvalue weighted by molar-refractivity contribution is 0.211. The summed E-state index contributed by atoms with van der Waals surface area (Å²) in [6.07, 6.45) is 6.12. The van der Waals surface area contributed by atoms with Crippen molar-refractivity contribution in [2.45, 2.75) is 45.1 Å². The maximum atomic E-state index is 13.1. The number of likely N-dealkylation sites (tertiary alicyclic amines) is 1. The fraction of sp³-hybridized carbons (Fsp3) is 0.667. The lowest BCUT2D eigenvalue weighted by atomic mass is 9.95. The molecule has 1 saturated heterocycles. The van der Waals surface area contributed by atoms with Gasteiger partial charge >= 0.3 is 0 Å². The molecule has 1 aromatic carbocycles. The second-order valence-corrected chi connectivity index (χ2v) is 6.40. The zero-order valence-electron chi connectivity index (χ0n) is 13.4. The van der Waals surface area contributed by atoms with Crippen LogP contribution in [0.25, 0.3) is 0 Å². The molecule has 118 valence electrons. The van der Waals surface area contributed by atoms with Gasteiger partial charge in [-0.2, -0.15) is 0 Å². The average Bonchev–Trinajstić information content (AvgIpc) is 2.50. The first-order chi connectivity index (χ1) is 10.2. The number of nitrogens with zero attached hydrogens (tertiary/aromatic N) is 1. The van der Waals surface area contributed by atoms with Crippen molar-refractivity contribution in [3.63, 3.8) is 0 Å². The number of halogens is 1. The third kappa shape index (κ3) is 5.40. The summed E-state index contributed by atoms with van der Waals surface area (Å²) in [4.78, 5) is 2.41. The molecular weight excluding hydrogens is 263 g/mol. The zero-order chi connectivity index (χ0) is 15.1. The largest absolute Gasteiger partial charge is 0.310 e. The molecule has 0 aliphatic carbocycles. The number of nitrogens with one attached hydrogen (secondary N) is 1. The molecule has 0 saturated carbocycles. The van der Waals surface area contributed by atoms with Crippen LogP contribution in [0.1, 0.15) is 50.6 Å². The molecule has 1 atom stereocenters. The van der Waals surface area contributed by atoms with Gasteiger partial charge < -0.3 is 10.2 Å². The van der Waals surface area contributed by atoms with Gasteiger partial charge in [-0.05, 0) is 69.6 Å². The van der Waals surface area contributed by atoms with E-state index in [-0.39, 0.29) is 5.82 Å². The Hall–Kier alpha value is -0.930. The molecule has 0 spiro atoms. The van der Waals surface area contributed by atoms with E-state index in [2.05, 4.69) is 24.2 Å². The van der Waals surface area contributed by atoms with E-state index in [1.54, 1.807) is 12.1 Å². The molecule has 0 amide bonds. The molecule has 0 radical (unpaired) electrons. The number of unbranched alkanes of at least 4 members (excludes halogenated alkanes) is 1. The highest BCUT2D eigenvalue weighted by Gasteiger charge is 2.18. The molecule has 21 heavy (non-hydrogen) atoms. The van der Waals surface area contributed by atoms with E-state index >= 15 is 0 Å². The number of benzene rings is 1. The van der Waals surface area contributed by atoms with Gasteiger partial charge in [0.05, 0.1) is 0 Å². The van der Waals surface area contributed by atoms with E-state index in [4.69, 9.17) is 0 Å². The highest BCUT2D eigenvalue weighted by Crippen LogP contribution is 2.22. The quantitative estimate of drug-likeness (QED) is 0.817. The van der Waals surface area contributed by atoms with Crippen LogP contribution in [0, 0.1) is 11.7 Å². The lowest BCUT2D eigenvalue weighted by Gasteiger charge is -2.30. The molecular formula is C18H29FN2. The van der Waals surface area contributed by atoms with Crippen molar-refractivity contribution < 1.29 is 4.39 Å². The minimum Gasteiger partial charge on any atom is -0.310 e. The van der Waals surface area contributed by atoms with Crippen molar-refractivity contribution in [3.05, 3.63) is 35.6 Å². The maximum absolute atomic E-state index is 13.1. The second-order valence-electron chi connectivity index (χ2n) is 6.40. The molecule has 2 nitrogen and oxygen atoms in total. The molecule has 2 rings (SSSR count). The first-order valence-corrected chi connectivity index (χ1v) is 8.36. The first-order valence-electron chi connectivity index (χ1n) is 8.36. The molecule has 1 fully saturated rings. The average molecular weight is 292 g/mol. The summed E-state index contributed by atoms with van der Waals surface area (Å²) in [6.45, 7) is 5.73. The van der Waals surface area contributed by atoms with Crippen molar-refractivity contribution in [2.24, 2.45) is 5.92 Å². The summed E-state index contributed by atoms with van der Waals surface area (Å²) in [6, 6.07) is 7.37. The van der Waals surface area contributed by atoms with Crippen LogP contribution in [0.5, 0.6) is 0 Å². The van der Waals surface area contributed by atoms with E-state index in [0.717, 1.165) is 18.9 Å². The molecule has 0 aromatic heterocycles. The van der Waals surface area contributed by atoms with Gasteiger partial charge in [-0.25, -0.2) is 4.39 Å². The van der Waals surface area contributed by atoms with Gasteiger partial charge in [-0.1, -0.05) is 31.9 Å². The zero-order valence-corrected chi connectivity index (χ0v) is 13.4. The number of rotatable bonds is 7. The lowest BCUT2D eigenvalue weighted by Crippen LogP contribution is -2.36. The molecule has 1 aromatic rings. The van der Waals surface area contributed by atoms with E-state index in [9.17, 15) is 4.39 Å². The minimum absolute atomic E-state index is 0.150. The molecule has 0 bridgehead atoms. The molecule has 1 unspecified atom stereocenters. The van der Waals surface area contributed by atoms with Crippen LogP contribution >= 0.6 is 0 Å². The van der Waals surface area contributed by atoms with Crippen molar-refractivity contribution >= 4 is 0 Å². The smallest absolute Gasteiger partial charge is 0.123 e. The maximum Gasteiger partial charge on any atom is 0.123 e. The summed E-state index contributed by atoms with van der Waals surface area (Å²) >= 11 is 0. The Morgan fingerprint density at radius 3 is 2.52 bits per heavy atom. The Morgan fingerprint density at radius 2 is 1.90 bits per heavy atom. The van der Waals surface area contributed by atoms with Crippen LogP contribution in [0.15, 0.2) is 24.3 Å². The fourth-order valence-electron chi connectivity index (χ4n) is 3.07. The standard InChI is InChI=1S/C18H29FN2/c1-3-4-5-18(16-6-8-17(19)9-7-16)20-14-15-10-12-21(2)13-11-15/h6-9,15,18,20H,3-5,10-14H2,1-2H3. The molecule has 3 heteroatoms. The fourth-order valence-corrected chi connectivity index (χ4v) is 3.07. The van der Waals surface area contributed by atoms with Gasteiger partial charge in [-0.3, -0.25) is 0 Å². The topological polar surface area (TPSA) is 15.3 Å². The van der Waals surface area contributed by atoms with Gasteiger partial charge in [0, 0.05) is 6.04 Å². The second kappa shape index (κ2) is 8.50. The summed E-state index contributed by atoms with van der Waals surface area (Å²) in [7, 11) is 2.20. The van der Waals surface area contributed by atoms with Gasteiger partial charge in [-0.15, -0.1) is 0 Å². The van der Waals surface area contributed by atoms with Crippen LogP contribution in [-0.4, -0.2) is 31.6 Å². The van der Waals surface area contributed by atoms with Crippen molar-refractivity contribution in [1.29, 1.82) is 0 Å². The first kappa shape index (κ1) is 16.4. The minimum atomic E-state index is -0.150. The summed E-state index contributed by atoms with van der Waals surface area (Å²) in [5.41, 5.74) is 1.22. The highest BCUT2D eigenvalue weighted by molar-refractivity contribution is 5.19. The Labute approximate surface area is 128 Å². The van der Waals surface area contributed by atoms with Crippen LogP contribution < -0.4 is 5.32 Å². The molecule has 1 aliphatic heterocycles. The van der Waals surface area contributed by atoms with E-state index in [1.165, 1.54) is 44.3 Å². The van der Waals surface area contributed by atoms with Crippen molar-refractivity contribution in [3.8, 4) is 0 Å². The van der Waals surface area contributed by atoms with Gasteiger partial charge in [0.15, 0.2) is 0 Å². The monoisotopic (exact) mass is 292 g/mol. The molecule has 1 heterocycles. The van der Waals surface area contributed by atoms with E-state index < -0.39 is 0 Å². The normalized spacial score (nSPS) is 18.8. The molecule has 1 aliphatic rings. The van der Waals surface area contributed by atoms with Crippen molar-refractivity contribution in [1.82, 2.24) is 10.2 Å². The summed E-state index contributed by atoms with van der Waals surface area (Å²) < 4.78 is 13.1.